The highest BCUT2D eigenvalue weighted by Crippen LogP contribution is 2.14. The Kier molecular flexibility index (Phi) is 4.21. The number of amides is 1. The van der Waals surface area contributed by atoms with Crippen molar-refractivity contribution in [2.24, 2.45) is 0 Å². The van der Waals surface area contributed by atoms with Crippen molar-refractivity contribution in [2.45, 2.75) is 0 Å². The van der Waals surface area contributed by atoms with E-state index < -0.39 is 0 Å². The second-order valence-corrected chi connectivity index (χ2v) is 3.74. The van der Waals surface area contributed by atoms with Crippen molar-refractivity contribution < 1.29 is 9.53 Å². The Morgan fingerprint density at radius 3 is 3.06 bits per heavy atom. The smallest absolute Gasteiger partial charge is 0.238 e. The van der Waals surface area contributed by atoms with Crippen LogP contribution >= 0.6 is 0 Å². The van der Waals surface area contributed by atoms with Crippen molar-refractivity contribution in [3.8, 4) is 0 Å². The zero-order chi connectivity index (χ0) is 12.8. The first-order valence-electron chi connectivity index (χ1n) is 5.59. The number of ether oxygens (including phenoxy) is 1. The Bertz CT molecular complexity index is 525. The van der Waals surface area contributed by atoms with Gasteiger partial charge in [0.15, 0.2) is 0 Å². The maximum absolute atomic E-state index is 11.6. The van der Waals surface area contributed by atoms with Crippen molar-refractivity contribution in [3.05, 3.63) is 18.2 Å². The van der Waals surface area contributed by atoms with Crippen molar-refractivity contribution in [2.75, 3.05) is 32.1 Å². The number of aromatic nitrogens is 3. The first kappa shape index (κ1) is 12.5. The number of carbonyl (C=O) groups excluding carboxylic acids is 1. The van der Waals surface area contributed by atoms with Crippen LogP contribution in [0, 0.1) is 0 Å². The van der Waals surface area contributed by atoms with E-state index in [1.54, 1.807) is 25.3 Å². The standard InChI is InChI=1S/C11H15N5O2/c1-18-5-4-12-7-11(17)13-8-2-3-9-10(6-8)15-16-14-9/h2-3,6,12H,4-5,7H2,1H3,(H,13,17)(H,14,15,16). The van der Waals surface area contributed by atoms with Crippen LogP contribution in [0.25, 0.3) is 11.0 Å². The minimum absolute atomic E-state index is 0.103. The van der Waals surface area contributed by atoms with Gasteiger partial charge >= 0.3 is 0 Å². The summed E-state index contributed by atoms with van der Waals surface area (Å²) in [5.41, 5.74) is 2.20. The summed E-state index contributed by atoms with van der Waals surface area (Å²) < 4.78 is 4.87. The topological polar surface area (TPSA) is 91.9 Å². The predicted octanol–water partition coefficient (Wildman–Crippen LogP) is 0.132. The maximum Gasteiger partial charge on any atom is 0.238 e. The molecular formula is C11H15N5O2. The van der Waals surface area contributed by atoms with E-state index in [1.807, 2.05) is 0 Å². The molecular weight excluding hydrogens is 234 g/mol. The normalized spacial score (nSPS) is 10.7. The van der Waals surface area contributed by atoms with E-state index in [9.17, 15) is 4.79 Å². The summed E-state index contributed by atoms with van der Waals surface area (Å²) in [6, 6.07) is 5.36. The third-order valence-electron chi connectivity index (χ3n) is 2.37. The summed E-state index contributed by atoms with van der Waals surface area (Å²) in [5.74, 6) is -0.103. The summed E-state index contributed by atoms with van der Waals surface area (Å²) in [6.45, 7) is 1.48. The number of H-pyrrole nitrogens is 1. The van der Waals surface area contributed by atoms with E-state index in [1.165, 1.54) is 0 Å². The average molecular weight is 249 g/mol. The van der Waals surface area contributed by atoms with Crippen LogP contribution < -0.4 is 10.6 Å². The van der Waals surface area contributed by atoms with Crippen LogP contribution in [0.5, 0.6) is 0 Å². The fourth-order valence-electron chi connectivity index (χ4n) is 1.50. The lowest BCUT2D eigenvalue weighted by molar-refractivity contribution is -0.115. The summed E-state index contributed by atoms with van der Waals surface area (Å²) >= 11 is 0. The third-order valence-corrected chi connectivity index (χ3v) is 2.37. The van der Waals surface area contributed by atoms with Crippen LogP contribution in [0.2, 0.25) is 0 Å². The van der Waals surface area contributed by atoms with E-state index in [4.69, 9.17) is 4.74 Å². The second kappa shape index (κ2) is 6.08. The number of hydrogen-bond acceptors (Lipinski definition) is 5. The van der Waals surface area contributed by atoms with Gasteiger partial charge in [0.2, 0.25) is 5.91 Å². The van der Waals surface area contributed by atoms with E-state index in [0.717, 1.165) is 11.0 Å². The van der Waals surface area contributed by atoms with Crippen molar-refractivity contribution in [3.63, 3.8) is 0 Å². The zero-order valence-electron chi connectivity index (χ0n) is 10.1. The maximum atomic E-state index is 11.6. The number of nitrogens with zero attached hydrogens (tertiary/aromatic N) is 2. The molecule has 7 nitrogen and oxygen atoms in total. The molecule has 0 aliphatic heterocycles. The third kappa shape index (κ3) is 3.25. The van der Waals surface area contributed by atoms with Crippen LogP contribution in [-0.2, 0) is 9.53 Å². The molecule has 96 valence electrons. The molecule has 0 aliphatic rings. The van der Waals surface area contributed by atoms with Gasteiger partial charge in [-0.25, -0.2) is 0 Å². The lowest BCUT2D eigenvalue weighted by Gasteiger charge is -2.06. The monoisotopic (exact) mass is 249 g/mol. The van der Waals surface area contributed by atoms with Gasteiger partial charge < -0.3 is 15.4 Å². The van der Waals surface area contributed by atoms with Gasteiger partial charge in [-0.05, 0) is 18.2 Å². The van der Waals surface area contributed by atoms with Crippen LogP contribution in [0.15, 0.2) is 18.2 Å². The molecule has 1 heterocycles. The number of benzene rings is 1. The number of aromatic amines is 1. The molecule has 3 N–H and O–H groups in total. The van der Waals surface area contributed by atoms with Crippen LogP contribution in [-0.4, -0.2) is 48.1 Å². The lowest BCUT2D eigenvalue weighted by Crippen LogP contribution is -2.30. The van der Waals surface area contributed by atoms with Gasteiger partial charge in [-0.3, -0.25) is 4.79 Å². The molecule has 0 radical (unpaired) electrons. The number of methoxy groups -OCH3 is 1. The number of nitrogens with one attached hydrogen (secondary N) is 3. The first-order chi connectivity index (χ1) is 8.79. The molecule has 1 aromatic carbocycles. The highest BCUT2D eigenvalue weighted by Gasteiger charge is 2.04. The molecule has 0 bridgehead atoms. The predicted molar refractivity (Wildman–Crippen MR) is 67.3 cm³/mol. The van der Waals surface area contributed by atoms with Gasteiger partial charge in [0.1, 0.15) is 11.0 Å². The van der Waals surface area contributed by atoms with Gasteiger partial charge in [-0.15, -0.1) is 0 Å². The number of hydrogen-bond donors (Lipinski definition) is 3. The van der Waals surface area contributed by atoms with Gasteiger partial charge in [0, 0.05) is 19.3 Å². The number of rotatable bonds is 6. The lowest BCUT2D eigenvalue weighted by atomic mass is 10.2. The molecule has 2 aromatic rings. The van der Waals surface area contributed by atoms with Crippen LogP contribution in [0.4, 0.5) is 5.69 Å². The van der Waals surface area contributed by atoms with Crippen molar-refractivity contribution >= 4 is 22.6 Å². The molecule has 0 atom stereocenters. The van der Waals surface area contributed by atoms with E-state index in [-0.39, 0.29) is 12.5 Å². The van der Waals surface area contributed by atoms with E-state index in [2.05, 4.69) is 26.0 Å². The van der Waals surface area contributed by atoms with E-state index in [0.29, 0.717) is 18.8 Å². The Hall–Kier alpha value is -1.99. The first-order valence-corrected chi connectivity index (χ1v) is 5.59. The molecule has 1 aromatic heterocycles. The number of anilines is 1. The Balaban J connectivity index is 1.86. The minimum Gasteiger partial charge on any atom is -0.383 e. The molecule has 0 saturated heterocycles. The molecule has 2 rings (SSSR count). The zero-order valence-corrected chi connectivity index (χ0v) is 10.1. The summed E-state index contributed by atoms with van der Waals surface area (Å²) in [6.07, 6.45) is 0. The Labute approximate surface area is 104 Å². The van der Waals surface area contributed by atoms with Crippen molar-refractivity contribution in [1.82, 2.24) is 20.7 Å². The highest BCUT2D eigenvalue weighted by molar-refractivity contribution is 5.94. The van der Waals surface area contributed by atoms with Crippen LogP contribution in [0.1, 0.15) is 0 Å². The number of fused-ring (bicyclic) bond motifs is 1. The van der Waals surface area contributed by atoms with Gasteiger partial charge in [0.05, 0.1) is 13.2 Å². The Morgan fingerprint density at radius 1 is 1.39 bits per heavy atom. The molecule has 0 spiro atoms. The average Bonchev–Trinajstić information content (AvgIpc) is 2.82. The fourth-order valence-corrected chi connectivity index (χ4v) is 1.50. The second-order valence-electron chi connectivity index (χ2n) is 3.74. The van der Waals surface area contributed by atoms with Gasteiger partial charge in [0.25, 0.3) is 0 Å². The Morgan fingerprint density at radius 2 is 2.22 bits per heavy atom. The molecule has 0 aliphatic carbocycles. The quantitative estimate of drug-likeness (QED) is 0.633. The van der Waals surface area contributed by atoms with Crippen LogP contribution in [0.3, 0.4) is 0 Å². The largest absolute Gasteiger partial charge is 0.383 e. The molecule has 7 heteroatoms. The van der Waals surface area contributed by atoms with Crippen molar-refractivity contribution in [1.29, 1.82) is 0 Å². The summed E-state index contributed by atoms with van der Waals surface area (Å²) in [7, 11) is 1.62. The van der Waals surface area contributed by atoms with Gasteiger partial charge in [-0.2, -0.15) is 15.4 Å². The highest BCUT2D eigenvalue weighted by atomic mass is 16.5. The van der Waals surface area contributed by atoms with Gasteiger partial charge in [-0.1, -0.05) is 0 Å². The summed E-state index contributed by atoms with van der Waals surface area (Å²) in [4.78, 5) is 11.6. The summed E-state index contributed by atoms with van der Waals surface area (Å²) in [5, 5.41) is 16.2. The van der Waals surface area contributed by atoms with E-state index >= 15 is 0 Å². The molecule has 0 fully saturated rings. The molecule has 18 heavy (non-hydrogen) atoms. The minimum atomic E-state index is -0.103. The molecule has 0 saturated carbocycles. The SMILES string of the molecule is COCCNCC(=O)Nc1ccc2n[nH]nc2c1. The molecule has 1 amide bonds. The molecule has 0 unspecified atom stereocenters. The fraction of sp³-hybridized carbons (Fsp3) is 0.364. The number of carbonyl (C=O) groups is 1.